The average Bonchev–Trinajstić information content (AvgIpc) is 2.82. The molecule has 0 rings (SSSR count). The number of esters is 1. The fraction of sp³-hybridized carbons (Fsp3) is 0.897. The first-order valence-electron chi connectivity index (χ1n) is 14.3. The molecule has 0 aromatic heterocycles. The number of allylic oxidation sites excluding steroid dienone is 2. The quantitative estimate of drug-likeness (QED) is 0.0787. The van der Waals surface area contributed by atoms with Gasteiger partial charge in [0, 0.05) is 13.0 Å². The highest BCUT2D eigenvalue weighted by molar-refractivity contribution is 5.69. The normalized spacial score (nSPS) is 12.5. The van der Waals surface area contributed by atoms with E-state index in [1.165, 1.54) is 96.3 Å². The average molecular weight is 469 g/mol. The molecule has 4 heteroatoms. The number of unbranched alkanes of at least 4 members (excludes halogenated alkanes) is 16. The molecule has 0 spiro atoms. The molecule has 0 aliphatic heterocycles. The fourth-order valence-corrected chi connectivity index (χ4v) is 3.91. The maximum atomic E-state index is 11.7. The first kappa shape index (κ1) is 32.1. The van der Waals surface area contributed by atoms with Crippen LogP contribution in [0.1, 0.15) is 142 Å². The van der Waals surface area contributed by atoms with Crippen molar-refractivity contribution in [3.63, 3.8) is 0 Å². The second-order valence-electron chi connectivity index (χ2n) is 9.47. The number of aliphatic hydroxyl groups excluding tert-OH is 1. The molecular weight excluding hydrogens is 412 g/mol. The Labute approximate surface area is 205 Å². The van der Waals surface area contributed by atoms with Crippen LogP contribution >= 0.6 is 0 Å². The van der Waals surface area contributed by atoms with Crippen molar-refractivity contribution < 1.29 is 19.4 Å². The smallest absolute Gasteiger partial charge is 0.306 e. The van der Waals surface area contributed by atoms with Crippen LogP contribution in [0.5, 0.6) is 0 Å². The molecule has 0 heterocycles. The number of hydrogen-bond acceptors (Lipinski definition) is 4. The number of aliphatic hydroxyl groups is 1. The van der Waals surface area contributed by atoms with E-state index in [1.54, 1.807) is 0 Å². The van der Waals surface area contributed by atoms with Gasteiger partial charge in [0.2, 0.25) is 0 Å². The Kier molecular flexibility index (Phi) is 26.7. The zero-order valence-electron chi connectivity index (χ0n) is 22.2. The van der Waals surface area contributed by atoms with Gasteiger partial charge in [0.05, 0.1) is 13.2 Å². The molecule has 0 saturated carbocycles. The standard InChI is InChI=1S/C29H56O4/c1-3-5-7-8-9-10-11-12-13-14-15-16-17-18-19-20-21-23-25-32-27-28(26-30)33-29(31)24-22-6-4-2/h12-13,28,30H,3-11,14-27H2,1-2H3/b13-12-. The second-order valence-corrected chi connectivity index (χ2v) is 9.47. The minimum Gasteiger partial charge on any atom is -0.457 e. The van der Waals surface area contributed by atoms with Crippen molar-refractivity contribution in [3.8, 4) is 0 Å². The highest BCUT2D eigenvalue weighted by Gasteiger charge is 2.13. The maximum absolute atomic E-state index is 11.7. The number of rotatable bonds is 26. The summed E-state index contributed by atoms with van der Waals surface area (Å²) >= 11 is 0. The van der Waals surface area contributed by atoms with E-state index in [2.05, 4.69) is 26.0 Å². The molecule has 0 fully saturated rings. The SMILES string of the molecule is CCCCCCCC/C=C\CCCCCCCCCCOCC(CO)OC(=O)CCCCC. The lowest BCUT2D eigenvalue weighted by Gasteiger charge is -2.15. The van der Waals surface area contributed by atoms with Crippen molar-refractivity contribution in [1.29, 1.82) is 0 Å². The third-order valence-electron chi connectivity index (χ3n) is 6.09. The van der Waals surface area contributed by atoms with E-state index in [-0.39, 0.29) is 12.6 Å². The van der Waals surface area contributed by atoms with Gasteiger partial charge >= 0.3 is 5.97 Å². The summed E-state index contributed by atoms with van der Waals surface area (Å²) in [5.41, 5.74) is 0. The summed E-state index contributed by atoms with van der Waals surface area (Å²) in [6, 6.07) is 0. The molecule has 1 unspecified atom stereocenters. The van der Waals surface area contributed by atoms with Gasteiger partial charge in [-0.2, -0.15) is 0 Å². The predicted octanol–water partition coefficient (Wildman–Crippen LogP) is 8.31. The molecule has 0 radical (unpaired) electrons. The van der Waals surface area contributed by atoms with Crippen molar-refractivity contribution in [2.45, 2.75) is 148 Å². The van der Waals surface area contributed by atoms with Crippen LogP contribution in [0.15, 0.2) is 12.2 Å². The third-order valence-corrected chi connectivity index (χ3v) is 6.09. The Hall–Kier alpha value is -0.870. The largest absolute Gasteiger partial charge is 0.457 e. The van der Waals surface area contributed by atoms with Crippen molar-refractivity contribution >= 4 is 5.97 Å². The first-order chi connectivity index (χ1) is 16.2. The summed E-state index contributed by atoms with van der Waals surface area (Å²) in [6.07, 6.45) is 28.6. The van der Waals surface area contributed by atoms with Crippen LogP contribution < -0.4 is 0 Å². The number of ether oxygens (including phenoxy) is 2. The van der Waals surface area contributed by atoms with E-state index in [9.17, 15) is 9.90 Å². The zero-order valence-corrected chi connectivity index (χ0v) is 22.2. The van der Waals surface area contributed by atoms with Gasteiger partial charge in [0.25, 0.3) is 0 Å². The van der Waals surface area contributed by atoms with Gasteiger partial charge in [-0.25, -0.2) is 0 Å². The topological polar surface area (TPSA) is 55.8 Å². The Bertz CT molecular complexity index is 422. The van der Waals surface area contributed by atoms with Gasteiger partial charge in [-0.15, -0.1) is 0 Å². The summed E-state index contributed by atoms with van der Waals surface area (Å²) < 4.78 is 10.9. The van der Waals surface area contributed by atoms with E-state index < -0.39 is 6.10 Å². The van der Waals surface area contributed by atoms with Crippen LogP contribution in [0.4, 0.5) is 0 Å². The van der Waals surface area contributed by atoms with Crippen molar-refractivity contribution in [1.82, 2.24) is 0 Å². The predicted molar refractivity (Wildman–Crippen MR) is 141 cm³/mol. The fourth-order valence-electron chi connectivity index (χ4n) is 3.91. The van der Waals surface area contributed by atoms with Crippen LogP contribution in [0.3, 0.4) is 0 Å². The number of carbonyl (C=O) groups excluding carboxylic acids is 1. The Balaban J connectivity index is 3.32. The summed E-state index contributed by atoms with van der Waals surface area (Å²) in [4.78, 5) is 11.7. The number of hydrogen-bond donors (Lipinski definition) is 1. The second kappa shape index (κ2) is 27.4. The Morgan fingerprint density at radius 1 is 0.697 bits per heavy atom. The molecule has 1 atom stereocenters. The van der Waals surface area contributed by atoms with Crippen LogP contribution in [0.25, 0.3) is 0 Å². The lowest BCUT2D eigenvalue weighted by molar-refractivity contribution is -0.154. The van der Waals surface area contributed by atoms with E-state index in [1.807, 2.05) is 0 Å². The molecule has 0 aromatic rings. The van der Waals surface area contributed by atoms with Crippen molar-refractivity contribution in [3.05, 3.63) is 12.2 Å². The molecule has 0 aliphatic carbocycles. The first-order valence-corrected chi connectivity index (χ1v) is 14.3. The van der Waals surface area contributed by atoms with Crippen LogP contribution in [0.2, 0.25) is 0 Å². The van der Waals surface area contributed by atoms with Gasteiger partial charge < -0.3 is 14.6 Å². The lowest BCUT2D eigenvalue weighted by atomic mass is 10.1. The lowest BCUT2D eigenvalue weighted by Crippen LogP contribution is -2.27. The summed E-state index contributed by atoms with van der Waals surface area (Å²) in [6.45, 7) is 5.18. The van der Waals surface area contributed by atoms with Gasteiger partial charge in [-0.05, 0) is 38.5 Å². The van der Waals surface area contributed by atoms with Crippen molar-refractivity contribution in [2.75, 3.05) is 19.8 Å². The third kappa shape index (κ3) is 25.6. The highest BCUT2D eigenvalue weighted by atomic mass is 16.6. The van der Waals surface area contributed by atoms with Crippen LogP contribution in [-0.2, 0) is 14.3 Å². The molecule has 33 heavy (non-hydrogen) atoms. The molecule has 1 N–H and O–H groups in total. The number of carbonyl (C=O) groups is 1. The molecule has 0 aromatic carbocycles. The summed E-state index contributed by atoms with van der Waals surface area (Å²) in [5, 5.41) is 9.34. The van der Waals surface area contributed by atoms with Crippen LogP contribution in [-0.4, -0.2) is 37.0 Å². The van der Waals surface area contributed by atoms with E-state index in [4.69, 9.17) is 9.47 Å². The van der Waals surface area contributed by atoms with Crippen LogP contribution in [0, 0.1) is 0 Å². The Morgan fingerprint density at radius 2 is 1.18 bits per heavy atom. The van der Waals surface area contributed by atoms with Gasteiger partial charge in [0.15, 0.2) is 0 Å². The molecule has 0 bridgehead atoms. The molecule has 4 nitrogen and oxygen atoms in total. The summed E-state index contributed by atoms with van der Waals surface area (Å²) in [7, 11) is 0. The maximum Gasteiger partial charge on any atom is 0.306 e. The minimum absolute atomic E-state index is 0.172. The van der Waals surface area contributed by atoms with Crippen molar-refractivity contribution in [2.24, 2.45) is 0 Å². The highest BCUT2D eigenvalue weighted by Crippen LogP contribution is 2.11. The van der Waals surface area contributed by atoms with E-state index in [0.29, 0.717) is 19.6 Å². The van der Waals surface area contributed by atoms with Gasteiger partial charge in [-0.3, -0.25) is 4.79 Å². The van der Waals surface area contributed by atoms with E-state index >= 15 is 0 Å². The monoisotopic (exact) mass is 468 g/mol. The van der Waals surface area contributed by atoms with Gasteiger partial charge in [-0.1, -0.05) is 109 Å². The minimum atomic E-state index is -0.524. The van der Waals surface area contributed by atoms with E-state index in [0.717, 1.165) is 25.7 Å². The zero-order chi connectivity index (χ0) is 24.2. The molecule has 0 aliphatic rings. The molecule has 0 saturated heterocycles. The molecular formula is C29H56O4. The molecule has 0 amide bonds. The van der Waals surface area contributed by atoms with Gasteiger partial charge in [0.1, 0.15) is 6.10 Å². The Morgan fingerprint density at radius 3 is 1.73 bits per heavy atom. The molecule has 196 valence electrons. The summed E-state index contributed by atoms with van der Waals surface area (Å²) in [5.74, 6) is -0.227.